The Morgan fingerprint density at radius 1 is 1.12 bits per heavy atom. The quantitative estimate of drug-likeness (QED) is 0.707. The van der Waals surface area contributed by atoms with Crippen LogP contribution in [0.1, 0.15) is 6.92 Å². The molecule has 0 saturated heterocycles. The number of aromatic nitrogens is 4. The molecule has 0 radical (unpaired) electrons. The van der Waals surface area contributed by atoms with Gasteiger partial charge >= 0.3 is 0 Å². The first-order valence-corrected chi connectivity index (χ1v) is 8.19. The molecule has 1 amide bonds. The van der Waals surface area contributed by atoms with Crippen LogP contribution >= 0.6 is 11.8 Å². The number of carbonyl (C=O) groups is 1. The van der Waals surface area contributed by atoms with Crippen LogP contribution in [0.4, 0.5) is 14.5 Å². The predicted octanol–water partition coefficient (Wildman–Crippen LogP) is 3.06. The molecule has 0 aliphatic carbocycles. The van der Waals surface area contributed by atoms with Crippen molar-refractivity contribution < 1.29 is 13.6 Å². The third-order valence-electron chi connectivity index (χ3n) is 3.30. The third-order valence-corrected chi connectivity index (χ3v) is 4.34. The van der Waals surface area contributed by atoms with Gasteiger partial charge in [-0.25, -0.2) is 8.78 Å². The van der Waals surface area contributed by atoms with Gasteiger partial charge < -0.3 is 5.32 Å². The van der Waals surface area contributed by atoms with Crippen LogP contribution in [0.5, 0.6) is 0 Å². The molecule has 0 aliphatic rings. The molecular formula is C16H13F2N5OS. The van der Waals surface area contributed by atoms with E-state index >= 15 is 0 Å². The molecule has 3 aromatic rings. The van der Waals surface area contributed by atoms with E-state index in [0.717, 1.165) is 29.6 Å². The van der Waals surface area contributed by atoms with Crippen molar-refractivity contribution in [2.45, 2.75) is 17.3 Å². The Labute approximate surface area is 146 Å². The highest BCUT2D eigenvalue weighted by atomic mass is 32.2. The van der Waals surface area contributed by atoms with Gasteiger partial charge in [0.15, 0.2) is 0 Å². The van der Waals surface area contributed by atoms with Gasteiger partial charge in [-0.05, 0) is 41.6 Å². The standard InChI is InChI=1S/C16H13F2N5OS/c1-10(15(24)19-14-12(17)8-5-9-13(14)18)25-16-20-21-22-23(16)11-6-3-2-4-7-11/h2-10H,1H3,(H,19,24)/t10-/m0/s1. The van der Waals surface area contributed by atoms with E-state index in [1.54, 1.807) is 6.92 Å². The largest absolute Gasteiger partial charge is 0.320 e. The van der Waals surface area contributed by atoms with E-state index < -0.39 is 28.5 Å². The minimum atomic E-state index is -0.834. The van der Waals surface area contributed by atoms with Gasteiger partial charge in [-0.15, -0.1) is 5.10 Å². The lowest BCUT2D eigenvalue weighted by molar-refractivity contribution is -0.115. The van der Waals surface area contributed by atoms with Crippen molar-refractivity contribution in [1.82, 2.24) is 20.2 Å². The lowest BCUT2D eigenvalue weighted by Gasteiger charge is -2.12. The number of halogens is 2. The van der Waals surface area contributed by atoms with Crippen LogP contribution in [-0.2, 0) is 4.79 Å². The zero-order chi connectivity index (χ0) is 17.8. The van der Waals surface area contributed by atoms with Crippen molar-refractivity contribution in [3.05, 3.63) is 60.2 Å². The summed E-state index contributed by atoms with van der Waals surface area (Å²) in [5, 5.41) is 13.4. The minimum absolute atomic E-state index is 0.392. The summed E-state index contributed by atoms with van der Waals surface area (Å²) in [6.45, 7) is 1.60. The maximum absolute atomic E-state index is 13.6. The second kappa shape index (κ2) is 7.39. The molecule has 0 spiro atoms. The van der Waals surface area contributed by atoms with Crippen molar-refractivity contribution in [3.63, 3.8) is 0 Å². The molecule has 2 aromatic carbocycles. The summed E-state index contributed by atoms with van der Waals surface area (Å²) in [6.07, 6.45) is 0. The number of nitrogens with one attached hydrogen (secondary N) is 1. The summed E-state index contributed by atoms with van der Waals surface area (Å²) in [6, 6.07) is 12.6. The maximum Gasteiger partial charge on any atom is 0.237 e. The zero-order valence-electron chi connectivity index (χ0n) is 13.1. The smallest absolute Gasteiger partial charge is 0.237 e. The van der Waals surface area contributed by atoms with Crippen molar-refractivity contribution in [3.8, 4) is 5.69 Å². The summed E-state index contributed by atoms with van der Waals surface area (Å²) in [5.41, 5.74) is 0.269. The van der Waals surface area contributed by atoms with Crippen LogP contribution in [0.2, 0.25) is 0 Å². The minimum Gasteiger partial charge on any atom is -0.320 e. The number of anilines is 1. The lowest BCUT2D eigenvalue weighted by atomic mass is 10.3. The molecule has 1 heterocycles. The van der Waals surface area contributed by atoms with Crippen LogP contribution in [0.3, 0.4) is 0 Å². The second-order valence-corrected chi connectivity index (χ2v) is 6.36. The maximum atomic E-state index is 13.6. The third kappa shape index (κ3) is 3.82. The molecule has 25 heavy (non-hydrogen) atoms. The van der Waals surface area contributed by atoms with Gasteiger partial charge in [-0.3, -0.25) is 4.79 Å². The monoisotopic (exact) mass is 361 g/mol. The molecular weight excluding hydrogens is 348 g/mol. The van der Waals surface area contributed by atoms with E-state index in [9.17, 15) is 13.6 Å². The number of carbonyl (C=O) groups excluding carboxylic acids is 1. The Bertz CT molecular complexity index is 867. The number of nitrogens with zero attached hydrogens (tertiary/aromatic N) is 4. The number of hydrogen-bond acceptors (Lipinski definition) is 5. The van der Waals surface area contributed by atoms with Gasteiger partial charge in [0.1, 0.15) is 17.3 Å². The van der Waals surface area contributed by atoms with E-state index in [2.05, 4.69) is 20.8 Å². The first-order chi connectivity index (χ1) is 12.1. The first-order valence-electron chi connectivity index (χ1n) is 7.31. The predicted molar refractivity (Wildman–Crippen MR) is 89.5 cm³/mol. The summed E-state index contributed by atoms with van der Waals surface area (Å²) in [5.74, 6) is -2.23. The second-order valence-electron chi connectivity index (χ2n) is 5.05. The van der Waals surface area contributed by atoms with E-state index in [4.69, 9.17) is 0 Å². The molecule has 1 aromatic heterocycles. The Balaban J connectivity index is 1.74. The fourth-order valence-electron chi connectivity index (χ4n) is 2.04. The molecule has 0 aliphatic heterocycles. The van der Waals surface area contributed by atoms with E-state index in [1.165, 1.54) is 10.7 Å². The van der Waals surface area contributed by atoms with Gasteiger partial charge in [0.2, 0.25) is 11.1 Å². The van der Waals surface area contributed by atoms with Gasteiger partial charge in [0.25, 0.3) is 0 Å². The Morgan fingerprint density at radius 3 is 2.48 bits per heavy atom. The van der Waals surface area contributed by atoms with Crippen LogP contribution in [0.15, 0.2) is 53.7 Å². The number of amides is 1. The van der Waals surface area contributed by atoms with E-state index in [1.807, 2.05) is 30.3 Å². The van der Waals surface area contributed by atoms with Gasteiger partial charge in [-0.2, -0.15) is 4.68 Å². The summed E-state index contributed by atoms with van der Waals surface area (Å²) in [4.78, 5) is 12.2. The van der Waals surface area contributed by atoms with Crippen LogP contribution in [0.25, 0.3) is 5.69 Å². The van der Waals surface area contributed by atoms with Gasteiger partial charge in [0, 0.05) is 0 Å². The van der Waals surface area contributed by atoms with Gasteiger partial charge in [0.05, 0.1) is 10.9 Å². The molecule has 0 unspecified atom stereocenters. The number of para-hydroxylation sites is 2. The molecule has 3 rings (SSSR count). The van der Waals surface area contributed by atoms with Crippen LogP contribution < -0.4 is 5.32 Å². The highest BCUT2D eigenvalue weighted by Crippen LogP contribution is 2.25. The average molecular weight is 361 g/mol. The molecule has 1 N–H and O–H groups in total. The molecule has 0 fully saturated rings. The van der Waals surface area contributed by atoms with Crippen molar-refractivity contribution in [2.24, 2.45) is 0 Å². The molecule has 9 heteroatoms. The summed E-state index contributed by atoms with van der Waals surface area (Å²) in [7, 11) is 0. The lowest BCUT2D eigenvalue weighted by Crippen LogP contribution is -2.24. The Hall–Kier alpha value is -2.81. The van der Waals surface area contributed by atoms with Crippen molar-refractivity contribution in [2.75, 3.05) is 5.32 Å². The SMILES string of the molecule is C[C@H](Sc1nnnn1-c1ccccc1)C(=O)Nc1c(F)cccc1F. The normalized spacial score (nSPS) is 12.0. The summed E-state index contributed by atoms with van der Waals surface area (Å²) >= 11 is 1.08. The average Bonchev–Trinajstić information content (AvgIpc) is 3.07. The highest BCUT2D eigenvalue weighted by Gasteiger charge is 2.21. The molecule has 128 valence electrons. The summed E-state index contributed by atoms with van der Waals surface area (Å²) < 4.78 is 28.8. The molecule has 0 saturated carbocycles. The number of thioether (sulfide) groups is 1. The first kappa shape index (κ1) is 17.0. The van der Waals surface area contributed by atoms with Crippen molar-refractivity contribution >= 4 is 23.4 Å². The van der Waals surface area contributed by atoms with Crippen molar-refractivity contribution in [1.29, 1.82) is 0 Å². The fraction of sp³-hybridized carbons (Fsp3) is 0.125. The Morgan fingerprint density at radius 2 is 1.80 bits per heavy atom. The fourth-order valence-corrected chi connectivity index (χ4v) is 2.84. The van der Waals surface area contributed by atoms with E-state index in [0.29, 0.717) is 5.16 Å². The number of benzene rings is 2. The number of tetrazole rings is 1. The molecule has 1 atom stereocenters. The molecule has 6 nitrogen and oxygen atoms in total. The van der Waals surface area contributed by atoms with Gasteiger partial charge in [-0.1, -0.05) is 36.0 Å². The van der Waals surface area contributed by atoms with E-state index in [-0.39, 0.29) is 0 Å². The zero-order valence-corrected chi connectivity index (χ0v) is 13.9. The number of hydrogen-bond donors (Lipinski definition) is 1. The molecule has 0 bridgehead atoms. The number of rotatable bonds is 5. The Kier molecular flexibility index (Phi) is 5.03. The highest BCUT2D eigenvalue weighted by molar-refractivity contribution is 8.00. The van der Waals surface area contributed by atoms with Crippen LogP contribution in [0, 0.1) is 11.6 Å². The van der Waals surface area contributed by atoms with Crippen LogP contribution in [-0.4, -0.2) is 31.4 Å². The topological polar surface area (TPSA) is 72.7 Å².